The number of carbonyl (C=O) groups excluding carboxylic acids is 1. The number of methoxy groups -OCH3 is 2. The minimum atomic E-state index is -1.62. The highest BCUT2D eigenvalue weighted by Gasteiger charge is 2.25. The second-order valence-corrected chi connectivity index (χ2v) is 6.11. The van der Waals surface area contributed by atoms with Crippen molar-refractivity contribution in [2.24, 2.45) is 0 Å². The second-order valence-electron chi connectivity index (χ2n) is 6.11. The Morgan fingerprint density at radius 3 is 2.44 bits per heavy atom. The molecule has 0 radical (unpaired) electrons. The lowest BCUT2D eigenvalue weighted by Gasteiger charge is -2.22. The van der Waals surface area contributed by atoms with Crippen LogP contribution in [0.3, 0.4) is 0 Å². The van der Waals surface area contributed by atoms with Crippen LogP contribution in [0.5, 0.6) is 11.5 Å². The van der Waals surface area contributed by atoms with Gasteiger partial charge in [0.05, 0.1) is 32.5 Å². The van der Waals surface area contributed by atoms with Crippen LogP contribution in [0.25, 0.3) is 0 Å². The Hall–Kier alpha value is -2.74. The van der Waals surface area contributed by atoms with E-state index in [1.54, 1.807) is 20.0 Å². The molecule has 0 aliphatic heterocycles. The Morgan fingerprint density at radius 1 is 1.11 bits per heavy atom. The molecule has 0 fully saturated rings. The average molecular weight is 383 g/mol. The standard InChI is InChI=1S/C19H21F3N2O3/c1-11(19(25)23-14-9-8-13(20)16(21)17(14)22)24(2)10-12-6-5-7-15(26-3)18(12)27-4/h5-9,11H,10H2,1-4H3,(H,23,25)/p+1/t11-/m1/s1. The molecule has 0 heterocycles. The minimum Gasteiger partial charge on any atom is -0.493 e. The third-order valence-electron chi connectivity index (χ3n) is 4.38. The van der Waals surface area contributed by atoms with Gasteiger partial charge in [0, 0.05) is 0 Å². The number of anilines is 1. The van der Waals surface area contributed by atoms with Crippen molar-refractivity contribution < 1.29 is 32.3 Å². The van der Waals surface area contributed by atoms with Crippen LogP contribution in [0, 0.1) is 17.5 Å². The normalized spacial score (nSPS) is 13.0. The van der Waals surface area contributed by atoms with Gasteiger partial charge in [-0.3, -0.25) is 4.79 Å². The zero-order valence-corrected chi connectivity index (χ0v) is 15.5. The number of ether oxygens (including phenoxy) is 2. The Morgan fingerprint density at radius 2 is 1.81 bits per heavy atom. The van der Waals surface area contributed by atoms with Crippen molar-refractivity contribution in [3.63, 3.8) is 0 Å². The maximum absolute atomic E-state index is 13.7. The van der Waals surface area contributed by atoms with Crippen LogP contribution in [0.4, 0.5) is 18.9 Å². The highest BCUT2D eigenvalue weighted by molar-refractivity contribution is 5.93. The van der Waals surface area contributed by atoms with Gasteiger partial charge in [-0.15, -0.1) is 0 Å². The lowest BCUT2D eigenvalue weighted by molar-refractivity contribution is -0.907. The fourth-order valence-corrected chi connectivity index (χ4v) is 2.63. The molecule has 0 aliphatic rings. The summed E-state index contributed by atoms with van der Waals surface area (Å²) >= 11 is 0. The summed E-state index contributed by atoms with van der Waals surface area (Å²) in [5.41, 5.74) is 0.422. The molecule has 2 aromatic carbocycles. The summed E-state index contributed by atoms with van der Waals surface area (Å²) < 4.78 is 50.7. The maximum Gasteiger partial charge on any atom is 0.282 e. The lowest BCUT2D eigenvalue weighted by atomic mass is 10.1. The first-order chi connectivity index (χ1) is 12.8. The third-order valence-corrected chi connectivity index (χ3v) is 4.38. The molecule has 0 saturated heterocycles. The first-order valence-corrected chi connectivity index (χ1v) is 8.26. The quantitative estimate of drug-likeness (QED) is 0.721. The molecule has 27 heavy (non-hydrogen) atoms. The van der Waals surface area contributed by atoms with E-state index in [1.807, 2.05) is 12.1 Å². The molecule has 0 aliphatic carbocycles. The summed E-state index contributed by atoms with van der Waals surface area (Å²) in [6.45, 7) is 2.07. The van der Waals surface area contributed by atoms with Gasteiger partial charge in [0.2, 0.25) is 0 Å². The number of amides is 1. The van der Waals surface area contributed by atoms with Crippen molar-refractivity contribution in [2.75, 3.05) is 26.6 Å². The van der Waals surface area contributed by atoms with Crippen LogP contribution >= 0.6 is 0 Å². The number of hydrogen-bond acceptors (Lipinski definition) is 3. The van der Waals surface area contributed by atoms with E-state index < -0.39 is 35.1 Å². The summed E-state index contributed by atoms with van der Waals surface area (Å²) in [5.74, 6) is -3.75. The van der Waals surface area contributed by atoms with Crippen LogP contribution < -0.4 is 19.7 Å². The highest BCUT2D eigenvalue weighted by Crippen LogP contribution is 2.30. The monoisotopic (exact) mass is 383 g/mol. The summed E-state index contributed by atoms with van der Waals surface area (Å²) in [7, 11) is 4.84. The SMILES string of the molecule is COc1cccc(C[NH+](C)[C@H](C)C(=O)Nc2ccc(F)c(F)c2F)c1OC. The van der Waals surface area contributed by atoms with Crippen molar-refractivity contribution in [1.29, 1.82) is 0 Å². The molecule has 0 aromatic heterocycles. The number of rotatable bonds is 7. The zero-order valence-electron chi connectivity index (χ0n) is 15.5. The van der Waals surface area contributed by atoms with Gasteiger partial charge in [0.1, 0.15) is 6.54 Å². The van der Waals surface area contributed by atoms with Crippen LogP contribution in [-0.4, -0.2) is 33.2 Å². The molecule has 1 amide bonds. The maximum atomic E-state index is 13.7. The molecule has 2 aromatic rings. The first kappa shape index (κ1) is 20.6. The van der Waals surface area contributed by atoms with E-state index in [0.717, 1.165) is 22.6 Å². The van der Waals surface area contributed by atoms with E-state index >= 15 is 0 Å². The predicted molar refractivity (Wildman–Crippen MR) is 94.5 cm³/mol. The summed E-state index contributed by atoms with van der Waals surface area (Å²) in [5, 5.41) is 2.30. The fraction of sp³-hybridized carbons (Fsp3) is 0.316. The van der Waals surface area contributed by atoms with Crippen molar-refractivity contribution in [1.82, 2.24) is 0 Å². The van der Waals surface area contributed by atoms with Crippen LogP contribution in [0.2, 0.25) is 0 Å². The Kier molecular flexibility index (Phi) is 6.68. The Labute approximate surface area is 155 Å². The van der Waals surface area contributed by atoms with E-state index in [-0.39, 0.29) is 0 Å². The van der Waals surface area contributed by atoms with E-state index in [9.17, 15) is 18.0 Å². The van der Waals surface area contributed by atoms with Gasteiger partial charge in [-0.05, 0) is 31.2 Å². The minimum absolute atomic E-state index is 0.405. The summed E-state index contributed by atoms with van der Waals surface area (Å²) in [6.07, 6.45) is 0. The topological polar surface area (TPSA) is 52.0 Å². The number of likely N-dealkylation sites (N-methyl/N-ethyl adjacent to an activating group) is 1. The van der Waals surface area contributed by atoms with Gasteiger partial charge in [-0.1, -0.05) is 6.07 Å². The molecular weight excluding hydrogens is 361 g/mol. The average Bonchev–Trinajstić information content (AvgIpc) is 2.67. The molecule has 0 spiro atoms. The zero-order chi connectivity index (χ0) is 20.1. The van der Waals surface area contributed by atoms with Gasteiger partial charge < -0.3 is 19.7 Å². The largest absolute Gasteiger partial charge is 0.493 e. The van der Waals surface area contributed by atoms with Crippen molar-refractivity contribution >= 4 is 11.6 Å². The Bertz CT molecular complexity index is 830. The molecule has 8 heteroatoms. The summed E-state index contributed by atoms with van der Waals surface area (Å²) in [6, 6.07) is 6.57. The number of quaternary nitrogens is 1. The van der Waals surface area contributed by atoms with Gasteiger partial charge in [0.15, 0.2) is 35.0 Å². The number of halogens is 3. The van der Waals surface area contributed by atoms with Crippen molar-refractivity contribution in [2.45, 2.75) is 19.5 Å². The number of nitrogens with one attached hydrogen (secondary N) is 2. The van der Waals surface area contributed by atoms with Gasteiger partial charge >= 0.3 is 0 Å². The number of benzene rings is 2. The number of hydrogen-bond donors (Lipinski definition) is 2. The lowest BCUT2D eigenvalue weighted by Crippen LogP contribution is -3.12. The molecule has 2 rings (SSSR count). The molecule has 5 nitrogen and oxygen atoms in total. The third kappa shape index (κ3) is 4.51. The molecule has 146 valence electrons. The Balaban J connectivity index is 2.12. The number of carbonyl (C=O) groups is 1. The second kappa shape index (κ2) is 8.77. The molecule has 0 bridgehead atoms. The number of para-hydroxylation sites is 1. The summed E-state index contributed by atoms with van der Waals surface area (Å²) in [4.78, 5) is 13.2. The van der Waals surface area contributed by atoms with Gasteiger partial charge in [0.25, 0.3) is 5.91 Å². The molecule has 1 unspecified atom stereocenters. The fourth-order valence-electron chi connectivity index (χ4n) is 2.63. The highest BCUT2D eigenvalue weighted by atomic mass is 19.2. The molecule has 0 saturated carbocycles. The van der Waals surface area contributed by atoms with Crippen molar-refractivity contribution in [3.8, 4) is 11.5 Å². The molecule has 2 atom stereocenters. The van der Waals surface area contributed by atoms with Gasteiger partial charge in [-0.25, -0.2) is 13.2 Å². The van der Waals surface area contributed by atoms with Crippen LogP contribution in [-0.2, 0) is 11.3 Å². The van der Waals surface area contributed by atoms with Crippen molar-refractivity contribution in [3.05, 3.63) is 53.3 Å². The van der Waals surface area contributed by atoms with Crippen LogP contribution in [0.15, 0.2) is 30.3 Å². The van der Waals surface area contributed by atoms with Crippen LogP contribution in [0.1, 0.15) is 12.5 Å². The van der Waals surface area contributed by atoms with E-state index in [0.29, 0.717) is 18.0 Å². The first-order valence-electron chi connectivity index (χ1n) is 8.26. The molecule has 2 N–H and O–H groups in total. The van der Waals surface area contributed by atoms with E-state index in [1.165, 1.54) is 14.2 Å². The predicted octanol–water partition coefficient (Wildman–Crippen LogP) is 2.16. The molecular formula is C19H22F3N2O3+. The van der Waals surface area contributed by atoms with Gasteiger partial charge in [-0.2, -0.15) is 0 Å². The van der Waals surface area contributed by atoms with E-state index in [2.05, 4.69) is 5.32 Å². The van der Waals surface area contributed by atoms with E-state index in [4.69, 9.17) is 9.47 Å². The smallest absolute Gasteiger partial charge is 0.282 e.